The molecule has 1 fully saturated rings. The number of likely N-dealkylation sites (tertiary alicyclic amines) is 1. The molecule has 178 valence electrons. The van der Waals surface area contributed by atoms with Gasteiger partial charge in [0.15, 0.2) is 0 Å². The van der Waals surface area contributed by atoms with Crippen LogP contribution in [0.3, 0.4) is 0 Å². The van der Waals surface area contributed by atoms with E-state index in [2.05, 4.69) is 36.7 Å². The van der Waals surface area contributed by atoms with Crippen molar-refractivity contribution in [2.75, 3.05) is 18.4 Å². The molecule has 4 aromatic rings. The number of hydrogen-bond donors (Lipinski definition) is 2. The number of fused-ring (bicyclic) bond motifs is 3. The van der Waals surface area contributed by atoms with Crippen molar-refractivity contribution in [3.05, 3.63) is 63.8 Å². The Morgan fingerprint density at radius 1 is 1.09 bits per heavy atom. The van der Waals surface area contributed by atoms with Crippen LogP contribution >= 0.6 is 0 Å². The number of amides is 1. The van der Waals surface area contributed by atoms with E-state index in [-0.39, 0.29) is 17.9 Å². The average molecular weight is 473 g/mol. The van der Waals surface area contributed by atoms with Crippen LogP contribution in [0.2, 0.25) is 0 Å². The summed E-state index contributed by atoms with van der Waals surface area (Å²) in [6, 6.07) is 3.46. The molecule has 2 N–H and O–H groups in total. The molecule has 0 aromatic carbocycles. The molecule has 1 amide bonds. The van der Waals surface area contributed by atoms with Gasteiger partial charge in [-0.05, 0) is 31.9 Å². The van der Waals surface area contributed by atoms with Crippen LogP contribution in [-0.2, 0) is 4.79 Å². The number of rotatable bonds is 4. The van der Waals surface area contributed by atoms with Gasteiger partial charge < -0.3 is 4.90 Å². The van der Waals surface area contributed by atoms with Crippen LogP contribution in [0.4, 0.5) is 5.95 Å². The van der Waals surface area contributed by atoms with Gasteiger partial charge in [-0.1, -0.05) is 6.58 Å². The van der Waals surface area contributed by atoms with Gasteiger partial charge in [0.2, 0.25) is 11.9 Å². The van der Waals surface area contributed by atoms with Crippen molar-refractivity contribution in [1.29, 1.82) is 0 Å². The lowest BCUT2D eigenvalue weighted by molar-refractivity contribution is -0.114. The third kappa shape index (κ3) is 4.16. The molecule has 0 unspecified atom stereocenters. The largest absolute Gasteiger partial charge is 0.375 e. The van der Waals surface area contributed by atoms with Gasteiger partial charge in [-0.15, -0.1) is 0 Å². The highest BCUT2D eigenvalue weighted by Crippen LogP contribution is 2.29. The number of allylic oxidation sites excluding steroid dienone is 1. The zero-order valence-corrected chi connectivity index (χ0v) is 19.4. The summed E-state index contributed by atoms with van der Waals surface area (Å²) in [5, 5.41) is 2.83. The summed E-state index contributed by atoms with van der Waals surface area (Å²) in [5.74, 6) is -0.0768. The monoisotopic (exact) mass is 472 g/mol. The highest BCUT2D eigenvalue weighted by Gasteiger charge is 2.25. The van der Waals surface area contributed by atoms with Gasteiger partial charge in [0, 0.05) is 55.9 Å². The Morgan fingerprint density at radius 3 is 2.46 bits per heavy atom. The van der Waals surface area contributed by atoms with Crippen LogP contribution in [0.25, 0.3) is 33.2 Å². The Labute approximate surface area is 199 Å². The van der Waals surface area contributed by atoms with Gasteiger partial charge in [0.1, 0.15) is 5.52 Å². The van der Waals surface area contributed by atoms with E-state index in [4.69, 9.17) is 4.98 Å². The molecular weight excluding hydrogens is 448 g/mol. The summed E-state index contributed by atoms with van der Waals surface area (Å²) in [4.78, 5) is 59.1. The second-order valence-corrected chi connectivity index (χ2v) is 8.64. The van der Waals surface area contributed by atoms with Crippen LogP contribution in [0.15, 0.2) is 52.6 Å². The minimum absolute atomic E-state index is 0.103. The van der Waals surface area contributed by atoms with Gasteiger partial charge in [0.25, 0.3) is 5.56 Å². The minimum atomic E-state index is -0.495. The van der Waals surface area contributed by atoms with Gasteiger partial charge in [0.05, 0.1) is 22.1 Å². The number of piperidine rings is 1. The number of carbonyl (C=O) groups is 1. The smallest absolute Gasteiger partial charge is 0.329 e. The van der Waals surface area contributed by atoms with Crippen LogP contribution in [-0.4, -0.2) is 53.4 Å². The number of nitrogens with zero attached hydrogens (tertiary/aromatic N) is 6. The number of H-pyrrole nitrogens is 1. The van der Waals surface area contributed by atoms with Gasteiger partial charge >= 0.3 is 5.69 Å². The summed E-state index contributed by atoms with van der Waals surface area (Å²) in [5.41, 5.74) is 2.70. The average Bonchev–Trinajstić information content (AvgIpc) is 2.84. The summed E-state index contributed by atoms with van der Waals surface area (Å²) in [6.07, 6.45) is 6.06. The first-order valence-corrected chi connectivity index (χ1v) is 11.3. The summed E-state index contributed by atoms with van der Waals surface area (Å²) in [6.45, 7) is 8.91. The van der Waals surface area contributed by atoms with Crippen molar-refractivity contribution >= 4 is 33.8 Å². The molecule has 11 heteroatoms. The third-order valence-corrected chi connectivity index (χ3v) is 6.22. The minimum Gasteiger partial charge on any atom is -0.375 e. The van der Waals surface area contributed by atoms with E-state index in [1.54, 1.807) is 29.1 Å². The molecule has 11 nitrogen and oxygen atoms in total. The molecule has 5 rings (SSSR count). The molecule has 35 heavy (non-hydrogen) atoms. The fourth-order valence-electron chi connectivity index (χ4n) is 4.49. The van der Waals surface area contributed by atoms with E-state index >= 15 is 0 Å². The van der Waals surface area contributed by atoms with E-state index < -0.39 is 11.2 Å². The lowest BCUT2D eigenvalue weighted by Gasteiger charge is -2.34. The predicted molar refractivity (Wildman–Crippen MR) is 132 cm³/mol. The number of carbonyl (C=O) groups excluding carboxylic acids is 1. The second kappa shape index (κ2) is 8.75. The molecule has 5 heterocycles. The maximum Gasteiger partial charge on any atom is 0.329 e. The highest BCUT2D eigenvalue weighted by molar-refractivity contribution is 6.01. The first-order valence-electron chi connectivity index (χ1n) is 11.3. The number of aromatic nitrogens is 6. The van der Waals surface area contributed by atoms with Crippen LogP contribution < -0.4 is 16.6 Å². The van der Waals surface area contributed by atoms with Gasteiger partial charge in [-0.2, -0.15) is 0 Å². The Bertz CT molecular complexity index is 1580. The molecule has 4 aromatic heterocycles. The maximum atomic E-state index is 13.1. The van der Waals surface area contributed by atoms with Crippen LogP contribution in [0.1, 0.15) is 32.7 Å². The van der Waals surface area contributed by atoms with Crippen molar-refractivity contribution in [1.82, 2.24) is 34.4 Å². The second-order valence-electron chi connectivity index (χ2n) is 8.64. The number of aromatic amines is 1. The number of hydrogen-bond acceptors (Lipinski definition) is 8. The third-order valence-electron chi connectivity index (χ3n) is 6.22. The Balaban J connectivity index is 1.66. The van der Waals surface area contributed by atoms with Gasteiger partial charge in [-0.25, -0.2) is 19.7 Å². The van der Waals surface area contributed by atoms with E-state index in [9.17, 15) is 14.4 Å². The van der Waals surface area contributed by atoms with E-state index in [0.29, 0.717) is 33.2 Å². The zero-order valence-electron chi connectivity index (χ0n) is 19.4. The number of pyridine rings is 2. The fraction of sp³-hybridized carbons (Fsp3) is 0.292. The number of anilines is 1. The molecule has 0 atom stereocenters. The molecule has 1 aliphatic heterocycles. The first kappa shape index (κ1) is 22.4. The lowest BCUT2D eigenvalue weighted by atomic mass is 10.0. The predicted octanol–water partition coefficient (Wildman–Crippen LogP) is 2.22. The molecule has 0 radical (unpaired) electrons. The molecule has 0 aliphatic carbocycles. The summed E-state index contributed by atoms with van der Waals surface area (Å²) < 4.78 is 1.66. The number of nitrogens with one attached hydrogen (secondary N) is 2. The summed E-state index contributed by atoms with van der Waals surface area (Å²) in [7, 11) is 0. The lowest BCUT2D eigenvalue weighted by Crippen LogP contribution is -2.39. The maximum absolute atomic E-state index is 13.1. The molecule has 1 saturated heterocycles. The van der Waals surface area contributed by atoms with Crippen molar-refractivity contribution in [3.8, 4) is 11.3 Å². The quantitative estimate of drug-likeness (QED) is 0.431. The SMILES string of the molecule is C=C(C)N1CCC(n2c(=O)[nH]c(=O)c3cnc4ccc(-c5cnc(NC(C)=O)nc5)nc4c32)CC1. The van der Waals surface area contributed by atoms with Gasteiger partial charge in [-0.3, -0.25) is 29.4 Å². The normalized spacial score (nSPS) is 14.4. The Kier molecular flexibility index (Phi) is 5.59. The van der Waals surface area contributed by atoms with Crippen LogP contribution in [0.5, 0.6) is 0 Å². The van der Waals surface area contributed by atoms with Crippen molar-refractivity contribution in [3.63, 3.8) is 0 Å². The topological polar surface area (TPSA) is 139 Å². The van der Waals surface area contributed by atoms with Crippen molar-refractivity contribution in [2.45, 2.75) is 32.7 Å². The highest BCUT2D eigenvalue weighted by atomic mass is 16.2. The van der Waals surface area contributed by atoms with E-state index in [1.165, 1.54) is 13.1 Å². The Morgan fingerprint density at radius 2 is 1.80 bits per heavy atom. The summed E-state index contributed by atoms with van der Waals surface area (Å²) >= 11 is 0. The molecular formula is C24H24N8O3. The molecule has 0 spiro atoms. The molecule has 0 saturated carbocycles. The van der Waals surface area contributed by atoms with Crippen LogP contribution in [0, 0.1) is 0 Å². The van der Waals surface area contributed by atoms with E-state index in [1.807, 2.05) is 6.92 Å². The van der Waals surface area contributed by atoms with E-state index in [0.717, 1.165) is 31.6 Å². The Hall–Kier alpha value is -4.41. The van der Waals surface area contributed by atoms with Crippen molar-refractivity contribution in [2.24, 2.45) is 0 Å². The van der Waals surface area contributed by atoms with Crippen molar-refractivity contribution < 1.29 is 4.79 Å². The first-order chi connectivity index (χ1) is 16.8. The molecule has 0 bridgehead atoms. The molecule has 1 aliphatic rings. The standard InChI is InChI=1S/C24H24N8O3/c1-13(2)31-8-6-16(7-9-31)32-21-17(22(34)30-24(32)35)12-25-19-5-4-18(29-20(19)21)15-10-26-23(27-11-15)28-14(3)33/h4-5,10-12,16H,1,6-9H2,2-3H3,(H,30,34,35)(H,26,27,28,33). The zero-order chi connectivity index (χ0) is 24.7. The fourth-order valence-corrected chi connectivity index (χ4v) is 4.49.